The summed E-state index contributed by atoms with van der Waals surface area (Å²) in [6, 6.07) is 0. The molecule has 0 spiro atoms. The monoisotopic (exact) mass is 289 g/mol. The largest absolute Gasteiger partial charge is 0.368 e. The number of nitrogens with one attached hydrogen (secondary N) is 2. The van der Waals surface area contributed by atoms with Crippen molar-refractivity contribution in [3.05, 3.63) is 21.2 Å². The molecule has 15 heavy (non-hydrogen) atoms. The van der Waals surface area contributed by atoms with Crippen molar-refractivity contribution in [3.8, 4) is 0 Å². The van der Waals surface area contributed by atoms with Crippen LogP contribution >= 0.6 is 27.7 Å². The molecule has 1 unspecified atom stereocenters. The summed E-state index contributed by atoms with van der Waals surface area (Å²) in [5.41, 5.74) is -0.147. The van der Waals surface area contributed by atoms with Crippen molar-refractivity contribution in [2.75, 3.05) is 17.6 Å². The SMILES string of the molecule is O=c1[nH]cnc(NCC2CCCS2)c1Br. The first-order valence-corrected chi connectivity index (χ1v) is 6.70. The van der Waals surface area contributed by atoms with E-state index < -0.39 is 0 Å². The molecule has 1 aromatic rings. The van der Waals surface area contributed by atoms with Gasteiger partial charge in [-0.3, -0.25) is 4.79 Å². The summed E-state index contributed by atoms with van der Waals surface area (Å²) < 4.78 is 0.480. The van der Waals surface area contributed by atoms with Crippen LogP contribution in [0.3, 0.4) is 0 Å². The summed E-state index contributed by atoms with van der Waals surface area (Å²) >= 11 is 5.19. The fourth-order valence-corrected chi connectivity index (χ4v) is 3.08. The second-order valence-corrected chi connectivity index (χ2v) is 5.61. The molecular weight excluding hydrogens is 278 g/mol. The number of H-pyrrole nitrogens is 1. The Balaban J connectivity index is 1.98. The number of aromatic nitrogens is 2. The summed E-state index contributed by atoms with van der Waals surface area (Å²) in [6.07, 6.45) is 3.96. The number of rotatable bonds is 3. The van der Waals surface area contributed by atoms with Gasteiger partial charge in [-0.05, 0) is 34.5 Å². The van der Waals surface area contributed by atoms with E-state index in [2.05, 4.69) is 31.2 Å². The molecule has 2 N–H and O–H groups in total. The van der Waals surface area contributed by atoms with Crippen LogP contribution in [0.4, 0.5) is 5.82 Å². The Labute approximate surface area is 100 Å². The lowest BCUT2D eigenvalue weighted by Crippen LogP contribution is -2.18. The number of halogens is 1. The van der Waals surface area contributed by atoms with Gasteiger partial charge in [-0.2, -0.15) is 11.8 Å². The summed E-state index contributed by atoms with van der Waals surface area (Å²) in [7, 11) is 0. The molecule has 82 valence electrons. The molecule has 0 radical (unpaired) electrons. The zero-order chi connectivity index (χ0) is 10.7. The standard InChI is InChI=1S/C9H12BrN3OS/c10-7-8(12-5-13-9(7)14)11-4-6-2-1-3-15-6/h5-6H,1-4H2,(H2,11,12,13,14). The van der Waals surface area contributed by atoms with Gasteiger partial charge in [0, 0.05) is 11.8 Å². The van der Waals surface area contributed by atoms with Crippen LogP contribution in [0.5, 0.6) is 0 Å². The van der Waals surface area contributed by atoms with Gasteiger partial charge in [-0.15, -0.1) is 0 Å². The van der Waals surface area contributed by atoms with Crippen molar-refractivity contribution < 1.29 is 0 Å². The van der Waals surface area contributed by atoms with E-state index in [1.165, 1.54) is 24.9 Å². The molecule has 2 rings (SSSR count). The van der Waals surface area contributed by atoms with Crippen LogP contribution in [0.2, 0.25) is 0 Å². The number of hydrogen-bond acceptors (Lipinski definition) is 4. The van der Waals surface area contributed by atoms with Crippen LogP contribution in [-0.4, -0.2) is 27.5 Å². The van der Waals surface area contributed by atoms with E-state index in [0.29, 0.717) is 15.5 Å². The first-order chi connectivity index (χ1) is 7.27. The lowest BCUT2D eigenvalue weighted by atomic mass is 10.2. The Bertz CT molecular complexity index is 389. The van der Waals surface area contributed by atoms with E-state index in [4.69, 9.17) is 0 Å². The highest BCUT2D eigenvalue weighted by Crippen LogP contribution is 2.26. The summed E-state index contributed by atoms with van der Waals surface area (Å²) in [6.45, 7) is 0.875. The fraction of sp³-hybridized carbons (Fsp3) is 0.556. The fourth-order valence-electron chi connectivity index (χ4n) is 1.52. The van der Waals surface area contributed by atoms with Crippen LogP contribution in [0.15, 0.2) is 15.6 Å². The van der Waals surface area contributed by atoms with Crippen LogP contribution in [-0.2, 0) is 0 Å². The molecule has 0 aliphatic carbocycles. The zero-order valence-electron chi connectivity index (χ0n) is 8.12. The first-order valence-electron chi connectivity index (χ1n) is 4.86. The van der Waals surface area contributed by atoms with Crippen LogP contribution in [0.1, 0.15) is 12.8 Å². The van der Waals surface area contributed by atoms with Gasteiger partial charge in [0.05, 0.1) is 6.33 Å². The van der Waals surface area contributed by atoms with E-state index in [9.17, 15) is 4.79 Å². The lowest BCUT2D eigenvalue weighted by Gasteiger charge is -2.10. The summed E-state index contributed by atoms with van der Waals surface area (Å²) in [4.78, 5) is 17.8. The highest BCUT2D eigenvalue weighted by atomic mass is 79.9. The third-order valence-corrected chi connectivity index (χ3v) is 4.45. The maximum Gasteiger partial charge on any atom is 0.267 e. The van der Waals surface area contributed by atoms with Gasteiger partial charge in [-0.1, -0.05) is 0 Å². The van der Waals surface area contributed by atoms with Gasteiger partial charge in [0.1, 0.15) is 10.3 Å². The molecule has 6 heteroatoms. The first kappa shape index (κ1) is 11.0. The molecule has 2 heterocycles. The van der Waals surface area contributed by atoms with E-state index in [0.717, 1.165) is 6.54 Å². The average Bonchev–Trinajstić information content (AvgIpc) is 2.73. The second-order valence-electron chi connectivity index (χ2n) is 3.41. The number of hydrogen-bond donors (Lipinski definition) is 2. The number of nitrogens with zero attached hydrogens (tertiary/aromatic N) is 1. The smallest absolute Gasteiger partial charge is 0.267 e. The molecule has 0 bridgehead atoms. The van der Waals surface area contributed by atoms with Crippen molar-refractivity contribution in [3.63, 3.8) is 0 Å². The minimum Gasteiger partial charge on any atom is -0.368 e. The molecule has 1 atom stereocenters. The lowest BCUT2D eigenvalue weighted by molar-refractivity contribution is 0.802. The molecule has 0 amide bonds. The molecule has 1 aromatic heterocycles. The predicted octanol–water partition coefficient (Wildman–Crippen LogP) is 1.84. The Morgan fingerprint density at radius 3 is 3.33 bits per heavy atom. The van der Waals surface area contributed by atoms with Crippen LogP contribution in [0, 0.1) is 0 Å². The van der Waals surface area contributed by atoms with E-state index in [-0.39, 0.29) is 5.56 Å². The second kappa shape index (κ2) is 5.03. The number of thioether (sulfide) groups is 1. The van der Waals surface area contributed by atoms with E-state index >= 15 is 0 Å². The van der Waals surface area contributed by atoms with Gasteiger partial charge < -0.3 is 10.3 Å². The van der Waals surface area contributed by atoms with Crippen LogP contribution < -0.4 is 10.9 Å². The maximum atomic E-state index is 11.2. The summed E-state index contributed by atoms with van der Waals surface area (Å²) in [5.74, 6) is 1.88. The maximum absolute atomic E-state index is 11.2. The Kier molecular flexibility index (Phi) is 3.69. The topological polar surface area (TPSA) is 57.8 Å². The van der Waals surface area contributed by atoms with Crippen molar-refractivity contribution in [2.24, 2.45) is 0 Å². The van der Waals surface area contributed by atoms with Crippen molar-refractivity contribution in [2.45, 2.75) is 18.1 Å². The minimum absolute atomic E-state index is 0.147. The number of aromatic amines is 1. The molecule has 1 aliphatic rings. The minimum atomic E-state index is -0.147. The molecule has 1 aliphatic heterocycles. The van der Waals surface area contributed by atoms with E-state index in [1.807, 2.05) is 11.8 Å². The third kappa shape index (κ3) is 2.75. The average molecular weight is 290 g/mol. The number of anilines is 1. The summed E-state index contributed by atoms with van der Waals surface area (Å²) in [5, 5.41) is 3.85. The van der Waals surface area contributed by atoms with E-state index in [1.54, 1.807) is 0 Å². The molecular formula is C9H12BrN3OS. The van der Waals surface area contributed by atoms with Gasteiger partial charge in [0.25, 0.3) is 5.56 Å². The predicted molar refractivity (Wildman–Crippen MR) is 66.5 cm³/mol. The quantitative estimate of drug-likeness (QED) is 0.892. The molecule has 0 saturated carbocycles. The zero-order valence-corrected chi connectivity index (χ0v) is 10.5. The van der Waals surface area contributed by atoms with Gasteiger partial charge in [0.15, 0.2) is 0 Å². The van der Waals surface area contributed by atoms with Crippen molar-refractivity contribution in [1.82, 2.24) is 9.97 Å². The van der Waals surface area contributed by atoms with Crippen LogP contribution in [0.25, 0.3) is 0 Å². The molecule has 1 fully saturated rings. The molecule has 4 nitrogen and oxygen atoms in total. The third-order valence-electron chi connectivity index (χ3n) is 2.32. The molecule has 0 aromatic carbocycles. The van der Waals surface area contributed by atoms with Gasteiger partial charge in [0.2, 0.25) is 0 Å². The molecule has 1 saturated heterocycles. The highest BCUT2D eigenvalue weighted by Gasteiger charge is 2.16. The van der Waals surface area contributed by atoms with Gasteiger partial charge in [-0.25, -0.2) is 4.98 Å². The van der Waals surface area contributed by atoms with Crippen molar-refractivity contribution in [1.29, 1.82) is 0 Å². The van der Waals surface area contributed by atoms with Crippen molar-refractivity contribution >= 4 is 33.5 Å². The Morgan fingerprint density at radius 1 is 1.73 bits per heavy atom. The Hall–Kier alpha value is -0.490. The Morgan fingerprint density at radius 2 is 2.60 bits per heavy atom. The normalized spacial score (nSPS) is 20.5. The highest BCUT2D eigenvalue weighted by molar-refractivity contribution is 9.10. The van der Waals surface area contributed by atoms with Gasteiger partial charge >= 0.3 is 0 Å².